The molecule has 2 heterocycles. The minimum atomic E-state index is -0.483. The highest BCUT2D eigenvalue weighted by atomic mass is 16.3. The SMILES string of the molecule is Cc1cc(C(=O)N2CC3=C(CCCC3)C2=O)c(O)c(-n2nc3ccccc3n2)c1. The fourth-order valence-corrected chi connectivity index (χ4v) is 4.18. The summed E-state index contributed by atoms with van der Waals surface area (Å²) in [7, 11) is 0. The summed E-state index contributed by atoms with van der Waals surface area (Å²) in [6, 6.07) is 10.7. The molecular weight excluding hydrogens is 368 g/mol. The van der Waals surface area contributed by atoms with Crippen LogP contribution in [0.4, 0.5) is 0 Å². The number of aromatic hydroxyl groups is 1. The molecule has 0 spiro atoms. The van der Waals surface area contributed by atoms with E-state index in [0.29, 0.717) is 23.3 Å². The third-order valence-corrected chi connectivity index (χ3v) is 5.65. The number of hydrogen-bond donors (Lipinski definition) is 1. The Morgan fingerprint density at radius 2 is 1.76 bits per heavy atom. The van der Waals surface area contributed by atoms with Crippen LogP contribution in [0.25, 0.3) is 16.7 Å². The summed E-state index contributed by atoms with van der Waals surface area (Å²) < 4.78 is 0. The lowest BCUT2D eigenvalue weighted by Gasteiger charge is -2.17. The van der Waals surface area contributed by atoms with Crippen molar-refractivity contribution in [2.45, 2.75) is 32.6 Å². The van der Waals surface area contributed by atoms with Gasteiger partial charge in [-0.25, -0.2) is 0 Å². The first-order valence-corrected chi connectivity index (χ1v) is 9.76. The Morgan fingerprint density at radius 3 is 2.45 bits per heavy atom. The van der Waals surface area contributed by atoms with Crippen molar-refractivity contribution in [1.82, 2.24) is 19.9 Å². The van der Waals surface area contributed by atoms with Crippen LogP contribution >= 0.6 is 0 Å². The number of hydrogen-bond acceptors (Lipinski definition) is 5. The average molecular weight is 388 g/mol. The zero-order chi connectivity index (χ0) is 20.1. The van der Waals surface area contributed by atoms with Crippen LogP contribution in [0, 0.1) is 6.92 Å². The normalized spacial score (nSPS) is 16.6. The zero-order valence-corrected chi connectivity index (χ0v) is 16.1. The average Bonchev–Trinajstić information content (AvgIpc) is 3.30. The first-order valence-electron chi connectivity index (χ1n) is 9.76. The number of imide groups is 1. The Balaban J connectivity index is 1.54. The Labute approximate surface area is 167 Å². The maximum Gasteiger partial charge on any atom is 0.264 e. The van der Waals surface area contributed by atoms with Gasteiger partial charge in [-0.1, -0.05) is 12.1 Å². The number of phenolic OH excluding ortho intramolecular Hbond substituents is 1. The number of aryl methyl sites for hydroxylation is 1. The largest absolute Gasteiger partial charge is 0.505 e. The minimum absolute atomic E-state index is 0.0922. The molecule has 2 aliphatic rings. The summed E-state index contributed by atoms with van der Waals surface area (Å²) in [6.07, 6.45) is 3.62. The first kappa shape index (κ1) is 17.6. The highest BCUT2D eigenvalue weighted by Gasteiger charge is 2.36. The lowest BCUT2D eigenvalue weighted by Crippen LogP contribution is -2.34. The summed E-state index contributed by atoms with van der Waals surface area (Å²) in [5.74, 6) is -0.933. The fraction of sp³-hybridized carbons (Fsp3) is 0.273. The second-order valence-electron chi connectivity index (χ2n) is 7.64. The number of rotatable bonds is 2. The fourth-order valence-electron chi connectivity index (χ4n) is 4.18. The Bertz CT molecular complexity index is 1170. The molecule has 5 rings (SSSR count). The van der Waals surface area contributed by atoms with E-state index in [4.69, 9.17) is 0 Å². The van der Waals surface area contributed by atoms with Crippen LogP contribution in [0.2, 0.25) is 0 Å². The van der Waals surface area contributed by atoms with Crippen molar-refractivity contribution in [3.63, 3.8) is 0 Å². The number of aromatic nitrogens is 3. The molecule has 1 aliphatic heterocycles. The van der Waals surface area contributed by atoms with E-state index in [-0.39, 0.29) is 17.2 Å². The van der Waals surface area contributed by atoms with Crippen LogP contribution < -0.4 is 0 Å². The van der Waals surface area contributed by atoms with E-state index >= 15 is 0 Å². The van der Waals surface area contributed by atoms with Crippen LogP contribution in [0.15, 0.2) is 47.5 Å². The van der Waals surface area contributed by atoms with Crippen molar-refractivity contribution in [1.29, 1.82) is 0 Å². The van der Waals surface area contributed by atoms with Crippen LogP contribution in [0.5, 0.6) is 5.75 Å². The van der Waals surface area contributed by atoms with Gasteiger partial charge in [0.2, 0.25) is 0 Å². The molecule has 1 N–H and O–H groups in total. The molecule has 0 atom stereocenters. The maximum absolute atomic E-state index is 13.2. The predicted molar refractivity (Wildman–Crippen MR) is 107 cm³/mol. The van der Waals surface area contributed by atoms with Gasteiger partial charge >= 0.3 is 0 Å². The Hall–Kier alpha value is -3.48. The van der Waals surface area contributed by atoms with Gasteiger partial charge in [0.05, 0.1) is 12.1 Å². The van der Waals surface area contributed by atoms with Crippen LogP contribution in [-0.4, -0.2) is 43.4 Å². The number of nitrogens with zero attached hydrogens (tertiary/aromatic N) is 4. The van der Waals surface area contributed by atoms with Crippen molar-refractivity contribution in [3.8, 4) is 11.4 Å². The van der Waals surface area contributed by atoms with E-state index in [2.05, 4.69) is 10.2 Å². The molecule has 2 amide bonds. The third kappa shape index (κ3) is 2.81. The lowest BCUT2D eigenvalue weighted by atomic mass is 9.94. The number of amides is 2. The van der Waals surface area contributed by atoms with Gasteiger partial charge < -0.3 is 5.11 Å². The highest BCUT2D eigenvalue weighted by molar-refractivity contribution is 6.13. The molecule has 0 radical (unpaired) electrons. The topological polar surface area (TPSA) is 88.3 Å². The number of phenols is 1. The summed E-state index contributed by atoms with van der Waals surface area (Å²) >= 11 is 0. The van der Waals surface area contributed by atoms with Gasteiger partial charge in [-0.2, -0.15) is 0 Å². The van der Waals surface area contributed by atoms with E-state index < -0.39 is 5.91 Å². The molecule has 146 valence electrons. The van der Waals surface area contributed by atoms with E-state index in [1.54, 1.807) is 12.1 Å². The van der Waals surface area contributed by atoms with Crippen molar-refractivity contribution in [3.05, 3.63) is 58.7 Å². The molecule has 2 aromatic carbocycles. The minimum Gasteiger partial charge on any atom is -0.505 e. The number of carbonyl (C=O) groups excluding carboxylic acids is 2. The molecular formula is C22H20N4O3. The molecule has 0 unspecified atom stereocenters. The molecule has 29 heavy (non-hydrogen) atoms. The maximum atomic E-state index is 13.2. The lowest BCUT2D eigenvalue weighted by molar-refractivity contribution is -0.123. The zero-order valence-electron chi connectivity index (χ0n) is 16.1. The molecule has 0 saturated carbocycles. The van der Waals surface area contributed by atoms with Gasteiger partial charge in [0, 0.05) is 5.57 Å². The third-order valence-electron chi connectivity index (χ3n) is 5.65. The van der Waals surface area contributed by atoms with Crippen LogP contribution in [0.1, 0.15) is 41.6 Å². The number of benzene rings is 2. The molecule has 3 aromatic rings. The number of fused-ring (bicyclic) bond motifs is 1. The van der Waals surface area contributed by atoms with Gasteiger partial charge in [0.15, 0.2) is 5.75 Å². The smallest absolute Gasteiger partial charge is 0.264 e. The predicted octanol–water partition coefficient (Wildman–Crippen LogP) is 3.29. The molecule has 0 fully saturated rings. The van der Waals surface area contributed by atoms with Gasteiger partial charge in [0.25, 0.3) is 11.8 Å². The second-order valence-corrected chi connectivity index (χ2v) is 7.64. The van der Waals surface area contributed by atoms with Gasteiger partial charge in [-0.15, -0.1) is 15.0 Å². The summed E-state index contributed by atoms with van der Waals surface area (Å²) in [4.78, 5) is 28.5. The van der Waals surface area contributed by atoms with Gasteiger partial charge in [-0.3, -0.25) is 14.5 Å². The Morgan fingerprint density at radius 1 is 1.07 bits per heavy atom. The first-order chi connectivity index (χ1) is 14.0. The summed E-state index contributed by atoms with van der Waals surface area (Å²) in [5, 5.41) is 19.7. The van der Waals surface area contributed by atoms with E-state index in [1.165, 1.54) is 9.70 Å². The standard InChI is InChI=1S/C22H20N4O3/c1-13-10-16(22(29)25-12-14-6-2-3-7-15(14)21(25)28)20(27)19(11-13)26-23-17-8-4-5-9-18(17)24-26/h4-5,8-11,27H,2-3,6-7,12H2,1H3. The Kier molecular flexibility index (Phi) is 3.97. The number of carbonyl (C=O) groups is 2. The van der Waals surface area contributed by atoms with E-state index in [1.807, 2.05) is 31.2 Å². The molecule has 1 aliphatic carbocycles. The molecule has 0 bridgehead atoms. The highest BCUT2D eigenvalue weighted by Crippen LogP contribution is 2.35. The van der Waals surface area contributed by atoms with E-state index in [0.717, 1.165) is 42.4 Å². The molecule has 7 heteroatoms. The van der Waals surface area contributed by atoms with Crippen LogP contribution in [-0.2, 0) is 4.79 Å². The molecule has 7 nitrogen and oxygen atoms in total. The monoisotopic (exact) mass is 388 g/mol. The van der Waals surface area contributed by atoms with Crippen molar-refractivity contribution in [2.75, 3.05) is 6.54 Å². The second kappa shape index (κ2) is 6.55. The van der Waals surface area contributed by atoms with Crippen molar-refractivity contribution in [2.24, 2.45) is 0 Å². The summed E-state index contributed by atoms with van der Waals surface area (Å²) in [6.45, 7) is 2.15. The van der Waals surface area contributed by atoms with Gasteiger partial charge in [-0.05, 0) is 68.0 Å². The van der Waals surface area contributed by atoms with Crippen LogP contribution in [0.3, 0.4) is 0 Å². The van der Waals surface area contributed by atoms with Crippen molar-refractivity contribution < 1.29 is 14.7 Å². The quantitative estimate of drug-likeness (QED) is 0.681. The summed E-state index contributed by atoms with van der Waals surface area (Å²) in [5.41, 5.74) is 4.38. The molecule has 0 saturated heterocycles. The van der Waals surface area contributed by atoms with Crippen molar-refractivity contribution >= 4 is 22.8 Å². The van der Waals surface area contributed by atoms with E-state index in [9.17, 15) is 14.7 Å². The van der Waals surface area contributed by atoms with Gasteiger partial charge in [0.1, 0.15) is 16.7 Å². The molecule has 1 aromatic heterocycles.